The van der Waals surface area contributed by atoms with Crippen LogP contribution in [0.5, 0.6) is 0 Å². The Labute approximate surface area is 91.2 Å². The molecule has 1 aromatic heterocycles. The van der Waals surface area contributed by atoms with Gasteiger partial charge >= 0.3 is 0 Å². The van der Waals surface area contributed by atoms with Crippen molar-refractivity contribution in [2.24, 2.45) is 0 Å². The highest BCUT2D eigenvalue weighted by atomic mass is 32.2. The number of nitrogens with one attached hydrogen (secondary N) is 1. The summed E-state index contributed by atoms with van der Waals surface area (Å²) >= 11 is 6.34. The van der Waals surface area contributed by atoms with E-state index in [2.05, 4.69) is 4.98 Å². The number of nitrogens with zero attached hydrogens (tertiary/aromatic N) is 1. The Bertz CT molecular complexity index is 408. The first kappa shape index (κ1) is 9.48. The van der Waals surface area contributed by atoms with Crippen LogP contribution in [-0.2, 0) is 4.79 Å². The number of hydrogen-bond donors (Lipinski definition) is 1. The summed E-state index contributed by atoms with van der Waals surface area (Å²) in [5.74, 6) is -0.0328. The highest BCUT2D eigenvalue weighted by molar-refractivity contribution is 8.26. The molecule has 72 valence electrons. The Balaban J connectivity index is 2.29. The van der Waals surface area contributed by atoms with Gasteiger partial charge in [0, 0.05) is 18.9 Å². The second kappa shape index (κ2) is 3.59. The van der Waals surface area contributed by atoms with Crippen LogP contribution in [0.15, 0.2) is 23.2 Å². The largest absolute Gasteiger partial charge is 0.362 e. The number of aromatic amines is 1. The minimum Gasteiger partial charge on any atom is -0.362 e. The average molecular weight is 224 g/mol. The number of thiocarbonyl (C=S) groups is 1. The minimum atomic E-state index is -0.0328. The summed E-state index contributed by atoms with van der Waals surface area (Å²) in [6.07, 6.45) is 3.63. The van der Waals surface area contributed by atoms with Crippen molar-refractivity contribution in [3.05, 3.63) is 28.9 Å². The van der Waals surface area contributed by atoms with Crippen LogP contribution in [0.4, 0.5) is 0 Å². The fourth-order valence-corrected chi connectivity index (χ4v) is 2.29. The standard InChI is InChI=1S/C9H8N2OS2/c1-11-8(12)7(14-9(11)13)5-6-3-2-4-10-6/h2-5,10H,1H3. The molecule has 1 fully saturated rings. The lowest BCUT2D eigenvalue weighted by molar-refractivity contribution is -0.121. The van der Waals surface area contributed by atoms with E-state index < -0.39 is 0 Å². The molecule has 0 atom stereocenters. The monoisotopic (exact) mass is 224 g/mol. The Kier molecular flexibility index (Phi) is 2.43. The zero-order valence-electron chi connectivity index (χ0n) is 7.48. The molecule has 0 saturated carbocycles. The van der Waals surface area contributed by atoms with Gasteiger partial charge in [-0.15, -0.1) is 0 Å². The Morgan fingerprint density at radius 1 is 1.64 bits per heavy atom. The molecule has 0 unspecified atom stereocenters. The van der Waals surface area contributed by atoms with Gasteiger partial charge in [0.15, 0.2) is 0 Å². The molecule has 0 aliphatic carbocycles. The van der Waals surface area contributed by atoms with Crippen molar-refractivity contribution in [1.29, 1.82) is 0 Å². The van der Waals surface area contributed by atoms with E-state index in [1.165, 1.54) is 16.7 Å². The third kappa shape index (κ3) is 1.60. The van der Waals surface area contributed by atoms with E-state index in [9.17, 15) is 4.79 Å². The maximum Gasteiger partial charge on any atom is 0.265 e. The van der Waals surface area contributed by atoms with Gasteiger partial charge in [-0.25, -0.2) is 0 Å². The molecule has 1 aromatic rings. The highest BCUT2D eigenvalue weighted by Crippen LogP contribution is 2.30. The molecule has 1 N–H and O–H groups in total. The van der Waals surface area contributed by atoms with Gasteiger partial charge in [-0.05, 0) is 18.2 Å². The van der Waals surface area contributed by atoms with Gasteiger partial charge in [-0.1, -0.05) is 24.0 Å². The molecule has 14 heavy (non-hydrogen) atoms. The molecule has 2 rings (SSSR count). The molecule has 0 bridgehead atoms. The number of rotatable bonds is 1. The van der Waals surface area contributed by atoms with E-state index in [-0.39, 0.29) is 5.91 Å². The molecular weight excluding hydrogens is 216 g/mol. The Morgan fingerprint density at radius 2 is 2.43 bits per heavy atom. The summed E-state index contributed by atoms with van der Waals surface area (Å²) in [4.78, 5) is 16.7. The first-order valence-corrected chi connectivity index (χ1v) is 5.26. The number of hydrogen-bond acceptors (Lipinski definition) is 3. The quantitative estimate of drug-likeness (QED) is 0.584. The molecule has 1 aliphatic rings. The number of likely N-dealkylation sites (N-methyl/N-ethyl adjacent to an activating group) is 1. The third-order valence-corrected chi connectivity index (χ3v) is 3.38. The first-order valence-electron chi connectivity index (χ1n) is 4.03. The summed E-state index contributed by atoms with van der Waals surface area (Å²) in [5, 5.41) is 0. The Morgan fingerprint density at radius 3 is 2.93 bits per heavy atom. The van der Waals surface area contributed by atoms with Crippen LogP contribution >= 0.6 is 24.0 Å². The summed E-state index contributed by atoms with van der Waals surface area (Å²) in [6.45, 7) is 0. The first-order chi connectivity index (χ1) is 6.68. The van der Waals surface area contributed by atoms with Gasteiger partial charge < -0.3 is 4.98 Å². The van der Waals surface area contributed by atoms with Crippen LogP contribution in [0.25, 0.3) is 6.08 Å². The predicted molar refractivity (Wildman–Crippen MR) is 61.7 cm³/mol. The van der Waals surface area contributed by atoms with Gasteiger partial charge in [0.05, 0.1) is 4.91 Å². The van der Waals surface area contributed by atoms with Crippen molar-refractivity contribution >= 4 is 40.3 Å². The molecule has 0 spiro atoms. The van der Waals surface area contributed by atoms with Gasteiger partial charge in [0.1, 0.15) is 4.32 Å². The fraction of sp³-hybridized carbons (Fsp3) is 0.111. The lowest BCUT2D eigenvalue weighted by atomic mass is 10.3. The number of carbonyl (C=O) groups is 1. The van der Waals surface area contributed by atoms with Crippen LogP contribution in [0, 0.1) is 0 Å². The van der Waals surface area contributed by atoms with Crippen molar-refractivity contribution in [3.63, 3.8) is 0 Å². The van der Waals surface area contributed by atoms with Crippen LogP contribution in [0.2, 0.25) is 0 Å². The second-order valence-electron chi connectivity index (χ2n) is 2.87. The van der Waals surface area contributed by atoms with Crippen LogP contribution in [0.1, 0.15) is 5.69 Å². The summed E-state index contributed by atoms with van der Waals surface area (Å²) < 4.78 is 0.604. The summed E-state index contributed by atoms with van der Waals surface area (Å²) in [5.41, 5.74) is 0.916. The van der Waals surface area contributed by atoms with Crippen LogP contribution in [0.3, 0.4) is 0 Å². The molecule has 1 saturated heterocycles. The van der Waals surface area contributed by atoms with Crippen molar-refractivity contribution in [1.82, 2.24) is 9.88 Å². The number of amides is 1. The van der Waals surface area contributed by atoms with Crippen molar-refractivity contribution in [3.8, 4) is 0 Å². The third-order valence-electron chi connectivity index (χ3n) is 1.90. The van der Waals surface area contributed by atoms with E-state index >= 15 is 0 Å². The van der Waals surface area contributed by atoms with Crippen LogP contribution < -0.4 is 0 Å². The van der Waals surface area contributed by atoms with Gasteiger partial charge in [-0.3, -0.25) is 9.69 Å². The highest BCUT2D eigenvalue weighted by Gasteiger charge is 2.28. The number of thioether (sulfide) groups is 1. The Hall–Kier alpha value is -1.07. The lowest BCUT2D eigenvalue weighted by Crippen LogP contribution is -2.22. The second-order valence-corrected chi connectivity index (χ2v) is 4.54. The molecular formula is C9H8N2OS2. The zero-order valence-corrected chi connectivity index (χ0v) is 9.11. The molecule has 2 heterocycles. The number of H-pyrrole nitrogens is 1. The minimum absolute atomic E-state index is 0.0328. The topological polar surface area (TPSA) is 36.1 Å². The van der Waals surface area contributed by atoms with Gasteiger partial charge in [-0.2, -0.15) is 0 Å². The smallest absolute Gasteiger partial charge is 0.265 e. The zero-order chi connectivity index (χ0) is 10.1. The number of carbonyl (C=O) groups excluding carboxylic acids is 1. The van der Waals surface area contributed by atoms with Crippen molar-refractivity contribution in [2.45, 2.75) is 0 Å². The molecule has 0 aromatic carbocycles. The van der Waals surface area contributed by atoms with E-state index in [1.807, 2.05) is 24.4 Å². The molecule has 0 radical (unpaired) electrons. The van der Waals surface area contributed by atoms with E-state index in [0.717, 1.165) is 5.69 Å². The fourth-order valence-electron chi connectivity index (χ4n) is 1.12. The molecule has 5 heteroatoms. The molecule has 1 amide bonds. The van der Waals surface area contributed by atoms with E-state index in [4.69, 9.17) is 12.2 Å². The predicted octanol–water partition coefficient (Wildman–Crippen LogP) is 1.85. The number of aromatic nitrogens is 1. The average Bonchev–Trinajstić information content (AvgIpc) is 2.73. The normalized spacial score (nSPS) is 19.8. The lowest BCUT2D eigenvalue weighted by Gasteiger charge is -2.03. The van der Waals surface area contributed by atoms with Crippen LogP contribution in [-0.4, -0.2) is 27.2 Å². The van der Waals surface area contributed by atoms with Crippen molar-refractivity contribution < 1.29 is 4.79 Å². The summed E-state index contributed by atoms with van der Waals surface area (Å²) in [7, 11) is 1.69. The summed E-state index contributed by atoms with van der Waals surface area (Å²) in [6, 6.07) is 3.79. The van der Waals surface area contributed by atoms with E-state index in [0.29, 0.717) is 9.23 Å². The van der Waals surface area contributed by atoms with Gasteiger partial charge in [0.25, 0.3) is 5.91 Å². The van der Waals surface area contributed by atoms with Gasteiger partial charge in [0.2, 0.25) is 0 Å². The maximum absolute atomic E-state index is 11.6. The maximum atomic E-state index is 11.6. The molecule has 1 aliphatic heterocycles. The molecule has 3 nitrogen and oxygen atoms in total. The van der Waals surface area contributed by atoms with Crippen molar-refractivity contribution in [2.75, 3.05) is 7.05 Å². The van der Waals surface area contributed by atoms with E-state index in [1.54, 1.807) is 7.05 Å². The SMILES string of the molecule is CN1C(=O)C(=Cc2ccc[nH]2)SC1=S.